The van der Waals surface area contributed by atoms with E-state index in [0.29, 0.717) is 5.92 Å². The molecule has 2 atom stereocenters. The first-order chi connectivity index (χ1) is 10.1. The number of rotatable bonds is 6. The van der Waals surface area contributed by atoms with Gasteiger partial charge in [0, 0.05) is 6.04 Å². The van der Waals surface area contributed by atoms with Crippen molar-refractivity contribution in [3.63, 3.8) is 0 Å². The fourth-order valence-corrected chi connectivity index (χ4v) is 2.44. The van der Waals surface area contributed by atoms with Crippen molar-refractivity contribution in [1.29, 1.82) is 0 Å². The van der Waals surface area contributed by atoms with E-state index in [4.69, 9.17) is 10.5 Å². The van der Waals surface area contributed by atoms with Crippen LogP contribution in [0.5, 0.6) is 11.5 Å². The molecule has 0 saturated heterocycles. The molecule has 2 aromatic rings. The van der Waals surface area contributed by atoms with Crippen LogP contribution in [0, 0.1) is 0 Å². The zero-order chi connectivity index (χ0) is 15.2. The maximum atomic E-state index is 6.11. The highest BCUT2D eigenvalue weighted by molar-refractivity contribution is 5.40. The summed E-state index contributed by atoms with van der Waals surface area (Å²) in [6, 6.07) is 16.6. The molecule has 0 amide bonds. The molecule has 2 aromatic carbocycles. The molecule has 2 unspecified atom stereocenters. The van der Waals surface area contributed by atoms with Gasteiger partial charge < -0.3 is 10.5 Å². The summed E-state index contributed by atoms with van der Waals surface area (Å²) >= 11 is 0. The van der Waals surface area contributed by atoms with Crippen LogP contribution in [0.1, 0.15) is 44.2 Å². The average Bonchev–Trinajstić information content (AvgIpc) is 2.47. The van der Waals surface area contributed by atoms with Gasteiger partial charge in [-0.1, -0.05) is 44.2 Å². The molecule has 0 radical (unpaired) electrons. The summed E-state index contributed by atoms with van der Waals surface area (Å²) in [6.45, 7) is 6.45. The lowest BCUT2D eigenvalue weighted by Gasteiger charge is -2.16. The lowest BCUT2D eigenvalue weighted by molar-refractivity contribution is 0.469. The third-order valence-electron chi connectivity index (χ3n) is 3.75. The molecular weight excluding hydrogens is 258 g/mol. The molecule has 2 N–H and O–H groups in total. The maximum Gasteiger partial charge on any atom is 0.130 e. The SMILES string of the molecule is CCC(C)c1ccccc1Oc1cccc(CC(C)N)c1. The van der Waals surface area contributed by atoms with E-state index < -0.39 is 0 Å². The van der Waals surface area contributed by atoms with Crippen molar-refractivity contribution in [3.05, 3.63) is 59.7 Å². The van der Waals surface area contributed by atoms with Crippen LogP contribution in [0.15, 0.2) is 48.5 Å². The molecule has 2 rings (SSSR count). The van der Waals surface area contributed by atoms with Gasteiger partial charge >= 0.3 is 0 Å². The van der Waals surface area contributed by atoms with E-state index in [-0.39, 0.29) is 6.04 Å². The molecule has 0 heterocycles. The Bertz CT molecular complexity index is 577. The molecule has 0 saturated carbocycles. The van der Waals surface area contributed by atoms with E-state index in [1.165, 1.54) is 11.1 Å². The van der Waals surface area contributed by atoms with E-state index in [9.17, 15) is 0 Å². The normalized spacial score (nSPS) is 13.7. The van der Waals surface area contributed by atoms with E-state index in [1.807, 2.05) is 31.2 Å². The van der Waals surface area contributed by atoms with Gasteiger partial charge in [-0.05, 0) is 55.0 Å². The molecule has 0 spiro atoms. The Hall–Kier alpha value is -1.80. The predicted octanol–water partition coefficient (Wildman–Crippen LogP) is 4.88. The summed E-state index contributed by atoms with van der Waals surface area (Å²) in [5.74, 6) is 2.32. The number of hydrogen-bond acceptors (Lipinski definition) is 2. The molecule has 0 bridgehead atoms. The van der Waals surface area contributed by atoms with Crippen LogP contribution in [0.25, 0.3) is 0 Å². The Kier molecular flexibility index (Phi) is 5.40. The van der Waals surface area contributed by atoms with Crippen molar-refractivity contribution in [2.45, 2.75) is 45.6 Å². The van der Waals surface area contributed by atoms with E-state index >= 15 is 0 Å². The maximum absolute atomic E-state index is 6.11. The van der Waals surface area contributed by atoms with Crippen molar-refractivity contribution in [1.82, 2.24) is 0 Å². The Morgan fingerprint density at radius 2 is 1.81 bits per heavy atom. The number of para-hydroxylation sites is 1. The van der Waals surface area contributed by atoms with Gasteiger partial charge in [-0.15, -0.1) is 0 Å². The van der Waals surface area contributed by atoms with Gasteiger partial charge in [0.1, 0.15) is 11.5 Å². The average molecular weight is 283 g/mol. The van der Waals surface area contributed by atoms with Crippen LogP contribution >= 0.6 is 0 Å². The van der Waals surface area contributed by atoms with Crippen molar-refractivity contribution in [2.24, 2.45) is 5.73 Å². The molecule has 0 aliphatic carbocycles. The van der Waals surface area contributed by atoms with Crippen molar-refractivity contribution >= 4 is 0 Å². The summed E-state index contributed by atoms with van der Waals surface area (Å²) in [4.78, 5) is 0. The smallest absolute Gasteiger partial charge is 0.130 e. The minimum Gasteiger partial charge on any atom is -0.457 e. The lowest BCUT2D eigenvalue weighted by atomic mass is 9.98. The van der Waals surface area contributed by atoms with Gasteiger partial charge in [-0.2, -0.15) is 0 Å². The van der Waals surface area contributed by atoms with E-state index in [1.54, 1.807) is 0 Å². The Morgan fingerprint density at radius 3 is 2.52 bits per heavy atom. The van der Waals surface area contributed by atoms with Crippen LogP contribution < -0.4 is 10.5 Å². The van der Waals surface area contributed by atoms with Gasteiger partial charge in [0.05, 0.1) is 0 Å². The molecule has 2 nitrogen and oxygen atoms in total. The van der Waals surface area contributed by atoms with Gasteiger partial charge in [0.15, 0.2) is 0 Å². The van der Waals surface area contributed by atoms with Crippen molar-refractivity contribution in [2.75, 3.05) is 0 Å². The van der Waals surface area contributed by atoms with Gasteiger partial charge in [-0.3, -0.25) is 0 Å². The van der Waals surface area contributed by atoms with Gasteiger partial charge in [0.25, 0.3) is 0 Å². The Morgan fingerprint density at radius 1 is 1.05 bits per heavy atom. The van der Waals surface area contributed by atoms with Crippen LogP contribution in [0.4, 0.5) is 0 Å². The fraction of sp³-hybridized carbons (Fsp3) is 0.368. The van der Waals surface area contributed by atoms with Gasteiger partial charge in [-0.25, -0.2) is 0 Å². The first-order valence-corrected chi connectivity index (χ1v) is 7.71. The molecule has 0 fully saturated rings. The molecule has 0 aliphatic rings. The monoisotopic (exact) mass is 283 g/mol. The van der Waals surface area contributed by atoms with Crippen LogP contribution in [0.2, 0.25) is 0 Å². The third-order valence-corrected chi connectivity index (χ3v) is 3.75. The minimum absolute atomic E-state index is 0.160. The van der Waals surface area contributed by atoms with Gasteiger partial charge in [0.2, 0.25) is 0 Å². The first kappa shape index (κ1) is 15.6. The highest BCUT2D eigenvalue weighted by Crippen LogP contribution is 2.32. The molecule has 0 aromatic heterocycles. The first-order valence-electron chi connectivity index (χ1n) is 7.71. The topological polar surface area (TPSA) is 35.2 Å². The quantitative estimate of drug-likeness (QED) is 0.819. The molecular formula is C19H25NO. The van der Waals surface area contributed by atoms with Crippen LogP contribution in [0.3, 0.4) is 0 Å². The van der Waals surface area contributed by atoms with Crippen LogP contribution in [-0.2, 0) is 6.42 Å². The summed E-state index contributed by atoms with van der Waals surface area (Å²) in [5, 5.41) is 0. The Balaban J connectivity index is 2.22. The van der Waals surface area contributed by atoms with E-state index in [2.05, 4.69) is 38.1 Å². The summed E-state index contributed by atoms with van der Waals surface area (Å²) in [6.07, 6.45) is 1.97. The summed E-state index contributed by atoms with van der Waals surface area (Å²) in [5.41, 5.74) is 8.34. The minimum atomic E-state index is 0.160. The summed E-state index contributed by atoms with van der Waals surface area (Å²) in [7, 11) is 0. The summed E-state index contributed by atoms with van der Waals surface area (Å²) < 4.78 is 6.11. The predicted molar refractivity (Wildman–Crippen MR) is 89.0 cm³/mol. The third kappa shape index (κ3) is 4.33. The molecule has 112 valence electrons. The highest BCUT2D eigenvalue weighted by atomic mass is 16.5. The zero-order valence-corrected chi connectivity index (χ0v) is 13.2. The van der Waals surface area contributed by atoms with E-state index in [0.717, 1.165) is 24.3 Å². The second-order valence-electron chi connectivity index (χ2n) is 5.78. The fourth-order valence-electron chi connectivity index (χ4n) is 2.44. The molecule has 21 heavy (non-hydrogen) atoms. The second-order valence-corrected chi connectivity index (χ2v) is 5.78. The molecule has 2 heteroatoms. The second kappa shape index (κ2) is 7.28. The number of ether oxygens (including phenoxy) is 1. The number of benzene rings is 2. The van der Waals surface area contributed by atoms with Crippen LogP contribution in [-0.4, -0.2) is 6.04 Å². The highest BCUT2D eigenvalue weighted by Gasteiger charge is 2.10. The van der Waals surface area contributed by atoms with Crippen molar-refractivity contribution < 1.29 is 4.74 Å². The molecule has 0 aliphatic heterocycles. The standard InChI is InChI=1S/C19H25NO/c1-4-14(2)18-10-5-6-11-19(18)21-17-9-7-8-16(13-17)12-15(3)20/h5-11,13-15H,4,12,20H2,1-3H3. The van der Waals surface area contributed by atoms with Crippen molar-refractivity contribution in [3.8, 4) is 11.5 Å². The largest absolute Gasteiger partial charge is 0.457 e. The Labute approximate surface area is 127 Å². The number of hydrogen-bond donors (Lipinski definition) is 1. The zero-order valence-electron chi connectivity index (χ0n) is 13.2. The number of nitrogens with two attached hydrogens (primary N) is 1. The lowest BCUT2D eigenvalue weighted by Crippen LogP contribution is -2.17.